The van der Waals surface area contributed by atoms with Gasteiger partial charge in [0.2, 0.25) is 6.34 Å². The van der Waals surface area contributed by atoms with Crippen LogP contribution in [0.2, 0.25) is 0 Å². The van der Waals surface area contributed by atoms with Gasteiger partial charge in [0.15, 0.2) is 6.04 Å². The molecule has 1 heterocycles. The van der Waals surface area contributed by atoms with Gasteiger partial charge in [-0.05, 0) is 46.0 Å². The molecular formula is C29H29N2+. The fourth-order valence-electron chi connectivity index (χ4n) is 5.33. The molecule has 154 valence electrons. The standard InChI is InChI=1S/C29H29N2/c1-4-28(27-15-9-12-23-10-5-7-13-25(23)27)31-19-18-30(20-31)22(3)29-21(2)16-17-24-11-6-8-14-26(24)29/h1,5-15,17,20-22,28H,16,18-19H2,2-3H3/q+1. The van der Waals surface area contributed by atoms with Crippen molar-refractivity contribution in [1.82, 2.24) is 4.90 Å². The van der Waals surface area contributed by atoms with E-state index in [1.807, 2.05) is 0 Å². The number of terminal acetylenes is 1. The smallest absolute Gasteiger partial charge is 0.236 e. The highest BCUT2D eigenvalue weighted by Crippen LogP contribution is 2.29. The van der Waals surface area contributed by atoms with Crippen LogP contribution in [0.3, 0.4) is 0 Å². The van der Waals surface area contributed by atoms with Crippen molar-refractivity contribution in [3.63, 3.8) is 0 Å². The Morgan fingerprint density at radius 3 is 2.68 bits per heavy atom. The van der Waals surface area contributed by atoms with Crippen molar-refractivity contribution < 1.29 is 4.58 Å². The molecule has 3 unspecified atom stereocenters. The Hall–Kier alpha value is -3.31. The van der Waals surface area contributed by atoms with Gasteiger partial charge in [-0.1, -0.05) is 85.7 Å². The molecule has 1 aliphatic heterocycles. The summed E-state index contributed by atoms with van der Waals surface area (Å²) in [5.74, 6) is 3.62. The molecule has 0 saturated carbocycles. The van der Waals surface area contributed by atoms with E-state index in [4.69, 9.17) is 6.42 Å². The summed E-state index contributed by atoms with van der Waals surface area (Å²) in [4.78, 5) is 2.48. The van der Waals surface area contributed by atoms with Crippen LogP contribution in [-0.4, -0.2) is 34.9 Å². The fraction of sp³-hybridized carbons (Fsp3) is 0.276. The SMILES string of the molecule is C#CC(c1cccc2ccccc12)[N+]1=CN(C(C)C2=c3ccccc3=CCC2C)CC1. The first-order valence-corrected chi connectivity index (χ1v) is 11.3. The van der Waals surface area contributed by atoms with Crippen LogP contribution in [-0.2, 0) is 0 Å². The molecule has 31 heavy (non-hydrogen) atoms. The van der Waals surface area contributed by atoms with Crippen molar-refractivity contribution >= 4 is 28.8 Å². The first-order valence-electron chi connectivity index (χ1n) is 11.3. The van der Waals surface area contributed by atoms with E-state index in [0.29, 0.717) is 12.0 Å². The molecule has 0 amide bonds. The molecule has 0 spiro atoms. The van der Waals surface area contributed by atoms with Crippen LogP contribution in [0.4, 0.5) is 0 Å². The van der Waals surface area contributed by atoms with Crippen LogP contribution >= 0.6 is 0 Å². The quantitative estimate of drug-likeness (QED) is 0.471. The van der Waals surface area contributed by atoms with Crippen LogP contribution in [0.15, 0.2) is 66.7 Å². The van der Waals surface area contributed by atoms with Crippen molar-refractivity contribution in [3.8, 4) is 12.3 Å². The maximum absolute atomic E-state index is 6.09. The van der Waals surface area contributed by atoms with Crippen LogP contribution in [0.1, 0.15) is 31.9 Å². The summed E-state index contributed by atoms with van der Waals surface area (Å²) in [5.41, 5.74) is 2.75. The van der Waals surface area contributed by atoms with Crippen LogP contribution in [0.5, 0.6) is 0 Å². The fourth-order valence-corrected chi connectivity index (χ4v) is 5.33. The number of fused-ring (bicyclic) bond motifs is 2. The molecular weight excluding hydrogens is 376 g/mol. The van der Waals surface area contributed by atoms with Gasteiger partial charge in [0.1, 0.15) is 19.1 Å². The molecule has 2 aliphatic rings. The lowest BCUT2D eigenvalue weighted by Gasteiger charge is -2.26. The van der Waals surface area contributed by atoms with E-state index in [1.54, 1.807) is 5.57 Å². The van der Waals surface area contributed by atoms with Gasteiger partial charge in [0.25, 0.3) is 0 Å². The average Bonchev–Trinajstić information content (AvgIpc) is 3.29. The Balaban J connectivity index is 1.52. The van der Waals surface area contributed by atoms with E-state index in [9.17, 15) is 0 Å². The second-order valence-corrected chi connectivity index (χ2v) is 8.79. The summed E-state index contributed by atoms with van der Waals surface area (Å²) in [6.07, 6.45) is 11.8. The molecule has 3 aromatic rings. The Labute approximate surface area is 184 Å². The van der Waals surface area contributed by atoms with E-state index in [0.717, 1.165) is 19.5 Å². The molecule has 0 N–H and O–H groups in total. The molecule has 1 aliphatic carbocycles. The van der Waals surface area contributed by atoms with Crippen molar-refractivity contribution in [1.29, 1.82) is 0 Å². The number of hydrogen-bond donors (Lipinski definition) is 0. The average molecular weight is 406 g/mol. The predicted molar refractivity (Wildman–Crippen MR) is 130 cm³/mol. The molecule has 3 aromatic carbocycles. The van der Waals surface area contributed by atoms with Crippen molar-refractivity contribution in [2.45, 2.75) is 32.4 Å². The molecule has 5 rings (SSSR count). The highest BCUT2D eigenvalue weighted by molar-refractivity contribution is 5.86. The summed E-state index contributed by atoms with van der Waals surface area (Å²) in [5, 5.41) is 5.26. The van der Waals surface area contributed by atoms with Gasteiger partial charge in [-0.2, -0.15) is 0 Å². The molecule has 0 saturated heterocycles. The van der Waals surface area contributed by atoms with Crippen molar-refractivity contribution in [2.24, 2.45) is 5.92 Å². The number of rotatable bonds is 4. The maximum atomic E-state index is 6.09. The van der Waals surface area contributed by atoms with E-state index >= 15 is 0 Å². The Kier molecular flexibility index (Phi) is 5.12. The van der Waals surface area contributed by atoms with Gasteiger partial charge >= 0.3 is 0 Å². The molecule has 3 atom stereocenters. The summed E-state index contributed by atoms with van der Waals surface area (Å²) >= 11 is 0. The summed E-state index contributed by atoms with van der Waals surface area (Å²) in [6.45, 7) is 6.63. The Bertz CT molecular complexity index is 1320. The minimum atomic E-state index is -0.0577. The minimum Gasteiger partial charge on any atom is -0.258 e. The zero-order valence-corrected chi connectivity index (χ0v) is 18.3. The third-order valence-electron chi connectivity index (χ3n) is 6.96. The Morgan fingerprint density at radius 1 is 1.03 bits per heavy atom. The molecule has 2 heteroatoms. The largest absolute Gasteiger partial charge is 0.258 e. The lowest BCUT2D eigenvalue weighted by Crippen LogP contribution is -2.41. The van der Waals surface area contributed by atoms with Crippen LogP contribution in [0.25, 0.3) is 22.4 Å². The molecule has 0 bridgehead atoms. The third-order valence-corrected chi connectivity index (χ3v) is 6.96. The predicted octanol–water partition coefficient (Wildman–Crippen LogP) is 3.93. The van der Waals surface area contributed by atoms with Crippen LogP contribution in [0, 0.1) is 18.3 Å². The number of benzene rings is 3. The number of hydrogen-bond acceptors (Lipinski definition) is 1. The third kappa shape index (κ3) is 3.45. The second kappa shape index (κ2) is 8.08. The highest BCUT2D eigenvalue weighted by atomic mass is 15.3. The molecule has 0 aromatic heterocycles. The van der Waals surface area contributed by atoms with E-state index < -0.39 is 0 Å². The van der Waals surface area contributed by atoms with Crippen LogP contribution < -0.4 is 10.4 Å². The van der Waals surface area contributed by atoms with Crippen molar-refractivity contribution in [3.05, 3.63) is 82.7 Å². The molecule has 0 radical (unpaired) electrons. The lowest BCUT2D eigenvalue weighted by molar-refractivity contribution is -0.544. The van der Waals surface area contributed by atoms with Gasteiger partial charge in [-0.3, -0.25) is 4.90 Å². The number of nitrogens with zero attached hydrogens (tertiary/aromatic N) is 2. The molecule has 0 fully saturated rings. The van der Waals surface area contributed by atoms with Gasteiger partial charge < -0.3 is 0 Å². The first-order chi connectivity index (χ1) is 15.2. The Morgan fingerprint density at radius 2 is 1.81 bits per heavy atom. The summed E-state index contributed by atoms with van der Waals surface area (Å²) in [7, 11) is 0. The van der Waals surface area contributed by atoms with E-state index in [2.05, 4.69) is 108 Å². The van der Waals surface area contributed by atoms with E-state index in [1.165, 1.54) is 26.8 Å². The lowest BCUT2D eigenvalue weighted by atomic mass is 9.85. The second-order valence-electron chi connectivity index (χ2n) is 8.79. The van der Waals surface area contributed by atoms with Gasteiger partial charge in [-0.15, -0.1) is 6.42 Å². The zero-order chi connectivity index (χ0) is 21.4. The van der Waals surface area contributed by atoms with Gasteiger partial charge in [0, 0.05) is 5.56 Å². The van der Waals surface area contributed by atoms with Gasteiger partial charge in [0.05, 0.1) is 0 Å². The topological polar surface area (TPSA) is 6.25 Å². The van der Waals surface area contributed by atoms with E-state index in [-0.39, 0.29) is 6.04 Å². The highest BCUT2D eigenvalue weighted by Gasteiger charge is 2.33. The monoisotopic (exact) mass is 405 g/mol. The van der Waals surface area contributed by atoms with Gasteiger partial charge in [-0.25, -0.2) is 4.58 Å². The summed E-state index contributed by atoms with van der Waals surface area (Å²) in [6, 6.07) is 24.1. The summed E-state index contributed by atoms with van der Waals surface area (Å²) < 4.78 is 2.34. The normalized spacial score (nSPS) is 19.9. The zero-order valence-electron chi connectivity index (χ0n) is 18.3. The maximum Gasteiger partial charge on any atom is 0.236 e. The first kappa shape index (κ1) is 19.6. The molecule has 2 nitrogen and oxygen atoms in total. The van der Waals surface area contributed by atoms with Crippen molar-refractivity contribution in [2.75, 3.05) is 13.1 Å². The minimum absolute atomic E-state index is 0.0577.